The van der Waals surface area contributed by atoms with Gasteiger partial charge in [0, 0.05) is 6.07 Å². The van der Waals surface area contributed by atoms with Crippen LogP contribution in [0.3, 0.4) is 0 Å². The molecule has 0 aliphatic rings. The summed E-state index contributed by atoms with van der Waals surface area (Å²) in [6.07, 6.45) is 6.65. The van der Waals surface area contributed by atoms with Crippen LogP contribution in [0, 0.1) is 29.8 Å². The van der Waals surface area contributed by atoms with E-state index in [2.05, 4.69) is 15.9 Å². The van der Waals surface area contributed by atoms with Gasteiger partial charge in [0.1, 0.15) is 10.8 Å². The van der Waals surface area contributed by atoms with Gasteiger partial charge in [0.15, 0.2) is 17.5 Å². The summed E-state index contributed by atoms with van der Waals surface area (Å²) in [4.78, 5) is 9.66. The summed E-state index contributed by atoms with van der Waals surface area (Å²) in [5.74, 6) is -1.43. The minimum absolute atomic E-state index is 0.159. The number of anilines is 2. The van der Waals surface area contributed by atoms with Crippen molar-refractivity contribution in [1.29, 1.82) is 0 Å². The van der Waals surface area contributed by atoms with E-state index in [1.807, 2.05) is 0 Å². The summed E-state index contributed by atoms with van der Waals surface area (Å²) in [7, 11) is 0. The van der Waals surface area contributed by atoms with Crippen LogP contribution in [0.5, 0.6) is 0 Å². The Hall–Kier alpha value is -2.78. The topological polar surface area (TPSA) is 29.0 Å². The largest absolute Gasteiger partial charge is 0.311 e. The maximum absolute atomic E-state index is 14.2. The van der Waals surface area contributed by atoms with Crippen LogP contribution in [-0.4, -0.2) is 16.5 Å². The maximum atomic E-state index is 14.2. The van der Waals surface area contributed by atoms with Gasteiger partial charge >= 0.3 is 0 Å². The van der Waals surface area contributed by atoms with Crippen LogP contribution in [0.1, 0.15) is 0 Å². The Morgan fingerprint density at radius 3 is 2.54 bits per heavy atom. The van der Waals surface area contributed by atoms with Crippen molar-refractivity contribution < 1.29 is 13.2 Å². The van der Waals surface area contributed by atoms with E-state index in [1.165, 1.54) is 6.20 Å². The second kappa shape index (κ2) is 6.38. The first-order valence-electron chi connectivity index (χ1n) is 6.78. The second-order valence-corrected chi connectivity index (χ2v) is 5.20. The fraction of sp³-hybridized carbons (Fsp3) is 0.0588. The number of nitrogens with zero attached hydrogens (tertiary/aromatic N) is 3. The van der Waals surface area contributed by atoms with Gasteiger partial charge < -0.3 is 4.90 Å². The van der Waals surface area contributed by atoms with E-state index < -0.39 is 28.2 Å². The van der Waals surface area contributed by atoms with Crippen LogP contribution in [0.25, 0.3) is 11.0 Å². The number of terminal acetylenes is 1. The Morgan fingerprint density at radius 1 is 1.12 bits per heavy atom. The minimum atomic E-state index is -1.48. The SMILES string of the molecule is C#CCN(c1cnc2ccccc2n1)c1cc(F)c(Cl)c(F)c1F. The van der Waals surface area contributed by atoms with Crippen molar-refractivity contribution in [2.75, 3.05) is 11.4 Å². The van der Waals surface area contributed by atoms with Gasteiger partial charge in [-0.2, -0.15) is 0 Å². The highest BCUT2D eigenvalue weighted by molar-refractivity contribution is 6.31. The number of fused-ring (bicyclic) bond motifs is 1. The summed E-state index contributed by atoms with van der Waals surface area (Å²) in [5, 5.41) is -0.915. The fourth-order valence-electron chi connectivity index (χ4n) is 2.22. The Labute approximate surface area is 140 Å². The molecule has 0 unspecified atom stereocenters. The van der Waals surface area contributed by atoms with Crippen molar-refractivity contribution in [2.24, 2.45) is 0 Å². The van der Waals surface area contributed by atoms with Crippen LogP contribution in [0.4, 0.5) is 24.7 Å². The van der Waals surface area contributed by atoms with Crippen LogP contribution in [0.15, 0.2) is 36.5 Å². The molecule has 3 aromatic rings. The first kappa shape index (κ1) is 16.1. The van der Waals surface area contributed by atoms with Crippen LogP contribution >= 0.6 is 11.6 Å². The van der Waals surface area contributed by atoms with Crippen molar-refractivity contribution in [1.82, 2.24) is 9.97 Å². The number of aromatic nitrogens is 2. The van der Waals surface area contributed by atoms with Gasteiger partial charge in [-0.15, -0.1) is 6.42 Å². The molecule has 0 aliphatic carbocycles. The molecule has 1 aromatic heterocycles. The predicted molar refractivity (Wildman–Crippen MR) is 86.7 cm³/mol. The van der Waals surface area contributed by atoms with Gasteiger partial charge in [-0.3, -0.25) is 4.98 Å². The molecule has 0 amide bonds. The van der Waals surface area contributed by atoms with Crippen LogP contribution in [0.2, 0.25) is 5.02 Å². The van der Waals surface area contributed by atoms with Crippen LogP contribution < -0.4 is 4.90 Å². The lowest BCUT2D eigenvalue weighted by atomic mass is 10.2. The van der Waals surface area contributed by atoms with E-state index in [9.17, 15) is 13.2 Å². The molecular formula is C17H9ClF3N3. The number of para-hydroxylation sites is 2. The molecule has 1 heterocycles. The van der Waals surface area contributed by atoms with Crippen molar-refractivity contribution in [2.45, 2.75) is 0 Å². The standard InChI is InChI=1S/C17H9ClF3N3/c1-2-7-24(13-8-10(19)15(18)17(21)16(13)20)14-9-22-11-5-3-4-6-12(11)23-14/h1,3-6,8-9H,7H2. The molecule has 0 atom stereocenters. The highest BCUT2D eigenvalue weighted by atomic mass is 35.5. The Bertz CT molecular complexity index is 969. The molecule has 2 aromatic carbocycles. The van der Waals surface area contributed by atoms with E-state index in [0.717, 1.165) is 11.0 Å². The normalized spacial score (nSPS) is 10.6. The summed E-state index contributed by atoms with van der Waals surface area (Å²) in [5.41, 5.74) is 0.750. The molecular weight excluding hydrogens is 339 g/mol. The number of hydrogen-bond donors (Lipinski definition) is 0. The first-order valence-corrected chi connectivity index (χ1v) is 7.16. The van der Waals surface area contributed by atoms with Gasteiger partial charge in [0.05, 0.1) is 29.5 Å². The molecule has 0 saturated heterocycles. The third-order valence-corrected chi connectivity index (χ3v) is 3.68. The van der Waals surface area contributed by atoms with Crippen molar-refractivity contribution in [3.63, 3.8) is 0 Å². The van der Waals surface area contributed by atoms with Crippen molar-refractivity contribution in [3.8, 4) is 12.3 Å². The van der Waals surface area contributed by atoms with Gasteiger partial charge in [-0.1, -0.05) is 29.7 Å². The van der Waals surface area contributed by atoms with Crippen molar-refractivity contribution >= 4 is 34.1 Å². The highest BCUT2D eigenvalue weighted by Crippen LogP contribution is 2.33. The second-order valence-electron chi connectivity index (χ2n) is 4.83. The highest BCUT2D eigenvalue weighted by Gasteiger charge is 2.23. The zero-order valence-electron chi connectivity index (χ0n) is 12.1. The number of hydrogen-bond acceptors (Lipinski definition) is 3. The molecule has 24 heavy (non-hydrogen) atoms. The van der Waals surface area contributed by atoms with E-state index >= 15 is 0 Å². The molecule has 7 heteroatoms. The smallest absolute Gasteiger partial charge is 0.184 e. The van der Waals surface area contributed by atoms with E-state index in [0.29, 0.717) is 11.0 Å². The monoisotopic (exact) mass is 347 g/mol. The number of benzene rings is 2. The molecule has 0 bridgehead atoms. The maximum Gasteiger partial charge on any atom is 0.184 e. The summed E-state index contributed by atoms with van der Waals surface area (Å²) >= 11 is 5.38. The molecule has 0 aliphatic heterocycles. The zero-order valence-corrected chi connectivity index (χ0v) is 12.9. The summed E-state index contributed by atoms with van der Waals surface area (Å²) in [6.45, 7) is -0.162. The lowest BCUT2D eigenvalue weighted by Gasteiger charge is -2.22. The lowest BCUT2D eigenvalue weighted by molar-refractivity contribution is 0.496. The third-order valence-electron chi connectivity index (χ3n) is 3.34. The van der Waals surface area contributed by atoms with Gasteiger partial charge in [-0.25, -0.2) is 18.2 Å². The average molecular weight is 348 g/mol. The van der Waals surface area contributed by atoms with Gasteiger partial charge in [0.25, 0.3) is 0 Å². The molecule has 0 fully saturated rings. The van der Waals surface area contributed by atoms with Crippen LogP contribution in [-0.2, 0) is 0 Å². The molecule has 120 valence electrons. The molecule has 3 rings (SSSR count). The predicted octanol–water partition coefficient (Wildman–Crippen LogP) is 4.47. The number of halogens is 4. The van der Waals surface area contributed by atoms with Gasteiger partial charge in [0.2, 0.25) is 0 Å². The molecule has 0 saturated carbocycles. The Balaban J connectivity index is 2.18. The fourth-order valence-corrected chi connectivity index (χ4v) is 2.35. The molecule has 0 N–H and O–H groups in total. The van der Waals surface area contributed by atoms with Crippen molar-refractivity contribution in [3.05, 3.63) is 59.0 Å². The average Bonchev–Trinajstić information content (AvgIpc) is 2.61. The lowest BCUT2D eigenvalue weighted by Crippen LogP contribution is -2.21. The summed E-state index contributed by atoms with van der Waals surface area (Å²) < 4.78 is 41.7. The van der Waals surface area contributed by atoms with E-state index in [1.54, 1.807) is 24.3 Å². The van der Waals surface area contributed by atoms with E-state index in [4.69, 9.17) is 18.0 Å². The zero-order chi connectivity index (χ0) is 17.3. The Morgan fingerprint density at radius 2 is 1.83 bits per heavy atom. The quantitative estimate of drug-likeness (QED) is 0.397. The van der Waals surface area contributed by atoms with E-state index in [-0.39, 0.29) is 12.4 Å². The van der Waals surface area contributed by atoms with Gasteiger partial charge in [-0.05, 0) is 12.1 Å². The Kier molecular flexibility index (Phi) is 4.28. The minimum Gasteiger partial charge on any atom is -0.311 e. The first-order chi connectivity index (χ1) is 11.5. The molecule has 0 spiro atoms. The summed E-state index contributed by atoms with van der Waals surface area (Å²) in [6, 6.07) is 7.78. The number of rotatable bonds is 3. The third kappa shape index (κ3) is 2.74. The molecule has 3 nitrogen and oxygen atoms in total. The molecule has 0 radical (unpaired) electrons.